The highest BCUT2D eigenvalue weighted by molar-refractivity contribution is 5.96. The topological polar surface area (TPSA) is 75.3 Å². The van der Waals surface area contributed by atoms with Crippen LogP contribution in [0.1, 0.15) is 15.9 Å². The zero-order valence-electron chi connectivity index (χ0n) is 16.9. The van der Waals surface area contributed by atoms with Gasteiger partial charge in [-0.25, -0.2) is 4.79 Å². The summed E-state index contributed by atoms with van der Waals surface area (Å²) < 4.78 is 48.6. The number of ether oxygens (including phenoxy) is 2. The van der Waals surface area contributed by atoms with E-state index in [0.29, 0.717) is 11.4 Å². The van der Waals surface area contributed by atoms with E-state index < -0.39 is 23.6 Å². The quantitative estimate of drug-likeness (QED) is 0.444. The van der Waals surface area contributed by atoms with Crippen molar-refractivity contribution in [2.75, 3.05) is 7.11 Å². The van der Waals surface area contributed by atoms with Crippen molar-refractivity contribution < 1.29 is 27.4 Å². The summed E-state index contributed by atoms with van der Waals surface area (Å²) in [6.07, 6.45) is -1.94. The summed E-state index contributed by atoms with van der Waals surface area (Å²) in [5.41, 5.74) is 1.64. The van der Waals surface area contributed by atoms with Crippen LogP contribution in [0.15, 0.2) is 65.7 Å². The third-order valence-electron chi connectivity index (χ3n) is 4.79. The van der Waals surface area contributed by atoms with Gasteiger partial charge in [-0.15, -0.1) is 13.2 Å². The van der Waals surface area contributed by atoms with Crippen LogP contribution in [0.3, 0.4) is 0 Å². The van der Waals surface area contributed by atoms with Crippen molar-refractivity contribution >= 4 is 5.97 Å². The molecule has 0 saturated carbocycles. The average Bonchev–Trinajstić information content (AvgIpc) is 3.08. The number of para-hydroxylation sites is 1. The Morgan fingerprint density at radius 2 is 1.72 bits per heavy atom. The van der Waals surface area contributed by atoms with E-state index in [2.05, 4.69) is 9.84 Å². The first-order chi connectivity index (χ1) is 15.2. The van der Waals surface area contributed by atoms with Crippen molar-refractivity contribution in [1.82, 2.24) is 14.3 Å². The molecular weight excluding hydrogens is 427 g/mol. The molecule has 10 heteroatoms. The Hall–Kier alpha value is -4.08. The van der Waals surface area contributed by atoms with Gasteiger partial charge >= 0.3 is 12.3 Å². The van der Waals surface area contributed by atoms with Crippen molar-refractivity contribution in [2.45, 2.75) is 13.3 Å². The highest BCUT2D eigenvalue weighted by atomic mass is 19.4. The maximum Gasteiger partial charge on any atom is 0.573 e. The molecule has 2 aliphatic rings. The Morgan fingerprint density at radius 1 is 1.03 bits per heavy atom. The number of nitrogens with zero attached hydrogens (tertiary/aromatic N) is 3. The summed E-state index contributed by atoms with van der Waals surface area (Å²) >= 11 is 0. The summed E-state index contributed by atoms with van der Waals surface area (Å²) in [5.74, 6) is -1.11. The van der Waals surface area contributed by atoms with E-state index in [1.54, 1.807) is 12.1 Å². The van der Waals surface area contributed by atoms with Gasteiger partial charge in [0.05, 0.1) is 18.4 Å². The van der Waals surface area contributed by atoms with Crippen molar-refractivity contribution in [3.8, 4) is 28.4 Å². The van der Waals surface area contributed by atoms with Gasteiger partial charge in [0.2, 0.25) is 0 Å². The number of hydrogen-bond donors (Lipinski definition) is 0. The molecule has 2 heterocycles. The molecule has 0 aliphatic carbocycles. The minimum absolute atomic E-state index is 0.0325. The molecule has 2 aromatic rings. The third kappa shape index (κ3) is 3.94. The SMILES string of the molecule is COC(=O)c1cn(-c2ccc(OC(F)(F)F)cc2)cc2c(=O)n(-c3ccccc3C)nc1-2. The molecule has 0 N–H and O–H groups in total. The number of carbonyl (C=O) groups excluding carboxylic acids is 1. The monoisotopic (exact) mass is 443 g/mol. The summed E-state index contributed by atoms with van der Waals surface area (Å²) in [4.78, 5) is 25.5. The predicted octanol–water partition coefficient (Wildman–Crippen LogP) is 4.12. The fraction of sp³-hybridized carbons (Fsp3) is 0.136. The second kappa shape index (κ2) is 7.88. The average molecular weight is 443 g/mol. The lowest BCUT2D eigenvalue weighted by Gasteiger charge is -2.13. The van der Waals surface area contributed by atoms with E-state index >= 15 is 0 Å². The maximum absolute atomic E-state index is 13.1. The standard InChI is InChI=1S/C22H16F3N3O4/c1-13-5-3-4-6-18(13)28-20(29)16-11-27(12-17(19(16)26-28)21(30)31-2)14-7-9-15(10-8-14)32-22(23,24)25/h3-12H,1-2H3. The minimum atomic E-state index is -4.81. The molecule has 0 fully saturated rings. The minimum Gasteiger partial charge on any atom is -0.465 e. The molecule has 0 atom stereocenters. The van der Waals surface area contributed by atoms with Gasteiger partial charge in [-0.1, -0.05) is 18.2 Å². The van der Waals surface area contributed by atoms with E-state index in [4.69, 9.17) is 4.74 Å². The Labute approximate surface area is 179 Å². The molecule has 0 radical (unpaired) electrons. The lowest BCUT2D eigenvalue weighted by molar-refractivity contribution is -0.274. The number of aromatic nitrogens is 3. The van der Waals surface area contributed by atoms with Gasteiger partial charge in [0.25, 0.3) is 5.56 Å². The van der Waals surface area contributed by atoms with Crippen LogP contribution in [-0.4, -0.2) is 33.8 Å². The number of rotatable bonds is 4. The van der Waals surface area contributed by atoms with Crippen molar-refractivity contribution in [3.05, 3.63) is 82.4 Å². The summed E-state index contributed by atoms with van der Waals surface area (Å²) in [6.45, 7) is 1.83. The zero-order chi connectivity index (χ0) is 23.0. The number of halogens is 3. The van der Waals surface area contributed by atoms with Gasteiger partial charge < -0.3 is 14.0 Å². The second-order valence-electron chi connectivity index (χ2n) is 6.88. The Kier molecular flexibility index (Phi) is 5.21. The molecular formula is C22H16F3N3O4. The number of pyridine rings is 1. The van der Waals surface area contributed by atoms with Crippen LogP contribution in [0.4, 0.5) is 13.2 Å². The molecule has 2 aliphatic heterocycles. The third-order valence-corrected chi connectivity index (χ3v) is 4.79. The largest absolute Gasteiger partial charge is 0.573 e. The molecule has 7 nitrogen and oxygen atoms in total. The lowest BCUT2D eigenvalue weighted by Crippen LogP contribution is -2.17. The molecule has 164 valence electrons. The summed E-state index contributed by atoms with van der Waals surface area (Å²) in [7, 11) is 1.20. The highest BCUT2D eigenvalue weighted by Gasteiger charge is 2.31. The normalized spacial score (nSPS) is 11.5. The number of fused-ring (bicyclic) bond motifs is 1. The van der Waals surface area contributed by atoms with E-state index in [1.165, 1.54) is 40.9 Å². The van der Waals surface area contributed by atoms with Crippen LogP contribution in [0.2, 0.25) is 0 Å². The van der Waals surface area contributed by atoms with E-state index in [0.717, 1.165) is 17.7 Å². The van der Waals surface area contributed by atoms with Crippen LogP contribution in [0.25, 0.3) is 22.6 Å². The molecule has 0 amide bonds. The number of alkyl halides is 3. The summed E-state index contributed by atoms with van der Waals surface area (Å²) in [5, 5.41) is 4.35. The first-order valence-electron chi connectivity index (χ1n) is 9.33. The number of hydrogen-bond acceptors (Lipinski definition) is 5. The predicted molar refractivity (Wildman–Crippen MR) is 109 cm³/mol. The number of methoxy groups -OCH3 is 1. The molecule has 32 heavy (non-hydrogen) atoms. The van der Waals surface area contributed by atoms with Crippen molar-refractivity contribution in [3.63, 3.8) is 0 Å². The maximum atomic E-state index is 13.1. The fourth-order valence-corrected chi connectivity index (χ4v) is 3.30. The first-order valence-corrected chi connectivity index (χ1v) is 9.33. The Balaban J connectivity index is 1.88. The van der Waals surface area contributed by atoms with Crippen LogP contribution in [0.5, 0.6) is 5.75 Å². The Morgan fingerprint density at radius 3 is 2.34 bits per heavy atom. The van der Waals surface area contributed by atoms with Gasteiger partial charge in [0.15, 0.2) is 0 Å². The van der Waals surface area contributed by atoms with Crippen LogP contribution < -0.4 is 10.3 Å². The van der Waals surface area contributed by atoms with E-state index in [-0.39, 0.29) is 16.8 Å². The number of carbonyl (C=O) groups is 1. The highest BCUT2D eigenvalue weighted by Crippen LogP contribution is 2.27. The molecule has 0 aromatic heterocycles. The fourth-order valence-electron chi connectivity index (χ4n) is 3.30. The van der Waals surface area contributed by atoms with Gasteiger partial charge in [-0.05, 0) is 42.8 Å². The second-order valence-corrected chi connectivity index (χ2v) is 6.88. The van der Waals surface area contributed by atoms with E-state index in [9.17, 15) is 22.8 Å². The van der Waals surface area contributed by atoms with Crippen LogP contribution in [-0.2, 0) is 4.74 Å². The van der Waals surface area contributed by atoms with Gasteiger partial charge in [-0.2, -0.15) is 9.78 Å². The smallest absolute Gasteiger partial charge is 0.465 e. The number of aryl methyl sites for hydroxylation is 1. The molecule has 2 aromatic carbocycles. The molecule has 4 rings (SSSR count). The van der Waals surface area contributed by atoms with Gasteiger partial charge in [-0.3, -0.25) is 4.79 Å². The van der Waals surface area contributed by atoms with Gasteiger partial charge in [0, 0.05) is 18.1 Å². The first kappa shape index (κ1) is 21.2. The number of benzene rings is 2. The van der Waals surface area contributed by atoms with Crippen molar-refractivity contribution in [1.29, 1.82) is 0 Å². The van der Waals surface area contributed by atoms with E-state index in [1.807, 2.05) is 19.1 Å². The molecule has 0 unspecified atom stereocenters. The summed E-state index contributed by atoms with van der Waals surface area (Å²) in [6, 6.07) is 12.1. The van der Waals surface area contributed by atoms with Crippen molar-refractivity contribution in [2.24, 2.45) is 0 Å². The molecule has 0 saturated heterocycles. The van der Waals surface area contributed by atoms with Crippen LogP contribution in [0, 0.1) is 6.92 Å². The molecule has 0 spiro atoms. The van der Waals surface area contributed by atoms with Crippen LogP contribution >= 0.6 is 0 Å². The molecule has 0 bridgehead atoms. The lowest BCUT2D eigenvalue weighted by atomic mass is 10.1. The zero-order valence-corrected chi connectivity index (χ0v) is 16.9. The Bertz CT molecular complexity index is 1320. The number of esters is 1. The van der Waals surface area contributed by atoms with Gasteiger partial charge in [0.1, 0.15) is 17.0 Å².